The molecule has 1 atom stereocenters. The van der Waals surface area contributed by atoms with Crippen molar-refractivity contribution < 1.29 is 13.2 Å². The smallest absolute Gasteiger partial charge is 0.150 e. The summed E-state index contributed by atoms with van der Waals surface area (Å²) in [6, 6.07) is 4.45. The number of hydrogen-bond donors (Lipinski definition) is 1. The lowest BCUT2D eigenvalue weighted by atomic mass is 9.84. The molecule has 168 valence electrons. The van der Waals surface area contributed by atoms with Gasteiger partial charge in [0.05, 0.1) is 30.8 Å². The summed E-state index contributed by atoms with van der Waals surface area (Å²) < 4.78 is 38.3. The average molecular weight is 457 g/mol. The second-order valence-corrected chi connectivity index (χ2v) is 9.51. The molecule has 2 saturated heterocycles. The minimum Gasteiger partial charge on any atom is -0.771 e. The van der Waals surface area contributed by atoms with Crippen LogP contribution in [-0.4, -0.2) is 76.4 Å². The maximum atomic E-state index is 14.6. The SMILES string of the molecule is N#CCC1(n2cc(-c3c(F)cnc4[nH]ccc34)cn2)CN(C2CCN(CS(=O)[O-])CC2)C1. The molecule has 0 radical (unpaired) electrons. The topological polar surface area (TPSA) is 117 Å². The zero-order valence-electron chi connectivity index (χ0n) is 17.4. The van der Waals surface area contributed by atoms with Crippen LogP contribution in [-0.2, 0) is 16.6 Å². The lowest BCUT2D eigenvalue weighted by molar-refractivity contribution is -0.0418. The van der Waals surface area contributed by atoms with E-state index in [0.29, 0.717) is 47.7 Å². The van der Waals surface area contributed by atoms with Crippen molar-refractivity contribution in [2.24, 2.45) is 0 Å². The quantitative estimate of drug-likeness (QED) is 0.562. The van der Waals surface area contributed by atoms with Gasteiger partial charge < -0.3 is 9.54 Å². The number of halogens is 1. The van der Waals surface area contributed by atoms with Gasteiger partial charge in [-0.3, -0.25) is 18.7 Å². The molecular weight excluding hydrogens is 433 g/mol. The highest BCUT2D eigenvalue weighted by atomic mass is 32.2. The minimum absolute atomic E-state index is 0.0845. The summed E-state index contributed by atoms with van der Waals surface area (Å²) in [6.07, 6.45) is 8.52. The van der Waals surface area contributed by atoms with Crippen LogP contribution in [0.1, 0.15) is 19.3 Å². The van der Waals surface area contributed by atoms with Crippen molar-refractivity contribution in [1.29, 1.82) is 5.26 Å². The fourth-order valence-corrected chi connectivity index (χ4v) is 5.56. The third kappa shape index (κ3) is 3.73. The Morgan fingerprint density at radius 1 is 1.34 bits per heavy atom. The molecule has 1 unspecified atom stereocenters. The summed E-state index contributed by atoms with van der Waals surface area (Å²) in [4.78, 5) is 11.4. The van der Waals surface area contributed by atoms with E-state index in [1.54, 1.807) is 18.5 Å². The third-order valence-corrected chi connectivity index (χ3v) is 7.24. The van der Waals surface area contributed by atoms with Gasteiger partial charge in [0.25, 0.3) is 0 Å². The van der Waals surface area contributed by atoms with E-state index in [9.17, 15) is 18.4 Å². The maximum absolute atomic E-state index is 14.6. The first-order chi connectivity index (χ1) is 15.5. The molecule has 5 rings (SSSR count). The van der Waals surface area contributed by atoms with Gasteiger partial charge in [-0.25, -0.2) is 9.37 Å². The molecule has 2 aliphatic heterocycles. The van der Waals surface area contributed by atoms with Gasteiger partial charge in [-0.05, 0) is 30.0 Å². The predicted molar refractivity (Wildman–Crippen MR) is 115 cm³/mol. The van der Waals surface area contributed by atoms with Crippen molar-refractivity contribution >= 4 is 22.1 Å². The van der Waals surface area contributed by atoms with Crippen molar-refractivity contribution in [3.8, 4) is 17.2 Å². The predicted octanol–water partition coefficient (Wildman–Crippen LogP) is 1.79. The highest BCUT2D eigenvalue weighted by molar-refractivity contribution is 7.79. The standard InChI is InChI=1S/C21H24FN7O2S/c22-18-10-25-20-17(1-6-24-20)19(18)15-9-26-29(11-15)21(4-5-23)12-28(13-21)16-2-7-27(8-3-16)14-32(30)31/h1,6,9-11,16H,2-4,7-8,12-14H2,(H,24,25)(H,30,31)/p-1. The van der Waals surface area contributed by atoms with Crippen LogP contribution in [0.5, 0.6) is 0 Å². The number of likely N-dealkylation sites (tertiary alicyclic amines) is 2. The fraction of sp³-hybridized carbons (Fsp3) is 0.476. The molecule has 0 amide bonds. The Hall–Kier alpha value is -2.65. The first kappa shape index (κ1) is 21.2. The molecule has 11 heteroatoms. The van der Waals surface area contributed by atoms with E-state index in [-0.39, 0.29) is 5.88 Å². The van der Waals surface area contributed by atoms with Crippen molar-refractivity contribution in [1.82, 2.24) is 29.5 Å². The first-order valence-corrected chi connectivity index (χ1v) is 11.8. The first-order valence-electron chi connectivity index (χ1n) is 10.6. The molecule has 0 aromatic carbocycles. The number of hydrogen-bond acceptors (Lipinski definition) is 7. The van der Waals surface area contributed by atoms with E-state index < -0.39 is 22.4 Å². The molecule has 2 aliphatic rings. The molecule has 3 aromatic rings. The van der Waals surface area contributed by atoms with Crippen LogP contribution in [0.3, 0.4) is 0 Å². The van der Waals surface area contributed by atoms with Crippen LogP contribution < -0.4 is 0 Å². The molecular formula is C21H23FN7O2S-. The summed E-state index contributed by atoms with van der Waals surface area (Å²) in [5, 5.41) is 14.7. The second kappa shape index (κ2) is 8.37. The van der Waals surface area contributed by atoms with E-state index in [4.69, 9.17) is 0 Å². The number of H-pyrrole nitrogens is 1. The number of fused-ring (bicyclic) bond motifs is 1. The fourth-order valence-electron chi connectivity index (χ4n) is 5.00. The van der Waals surface area contributed by atoms with Gasteiger partial charge in [0.15, 0.2) is 0 Å². The molecule has 9 nitrogen and oxygen atoms in total. The number of rotatable bonds is 6. The van der Waals surface area contributed by atoms with Gasteiger partial charge >= 0.3 is 0 Å². The zero-order chi connectivity index (χ0) is 22.3. The lowest BCUT2D eigenvalue weighted by Crippen LogP contribution is -2.66. The normalized spacial score (nSPS) is 20.8. The van der Waals surface area contributed by atoms with Crippen LogP contribution in [0.25, 0.3) is 22.2 Å². The van der Waals surface area contributed by atoms with Crippen LogP contribution in [0, 0.1) is 17.1 Å². The van der Waals surface area contributed by atoms with Crippen molar-refractivity contribution in [3.63, 3.8) is 0 Å². The highest BCUT2D eigenvalue weighted by Gasteiger charge is 2.48. The van der Waals surface area contributed by atoms with E-state index in [1.807, 2.05) is 15.8 Å². The molecule has 1 N–H and O–H groups in total. The summed E-state index contributed by atoms with van der Waals surface area (Å²) in [7, 11) is 0. The molecule has 2 fully saturated rings. The van der Waals surface area contributed by atoms with Crippen molar-refractivity contribution in [2.75, 3.05) is 32.1 Å². The van der Waals surface area contributed by atoms with E-state index >= 15 is 0 Å². The zero-order valence-corrected chi connectivity index (χ0v) is 18.2. The second-order valence-electron chi connectivity index (χ2n) is 8.64. The summed E-state index contributed by atoms with van der Waals surface area (Å²) in [5.74, 6) is -0.326. The molecule has 0 spiro atoms. The Bertz CT molecular complexity index is 1190. The number of nitrogens with one attached hydrogen (secondary N) is 1. The number of aromatic amines is 1. The highest BCUT2D eigenvalue weighted by Crippen LogP contribution is 2.38. The molecule has 5 heterocycles. The number of piperidine rings is 1. The minimum atomic E-state index is -2.05. The van der Waals surface area contributed by atoms with E-state index in [0.717, 1.165) is 25.9 Å². The van der Waals surface area contributed by atoms with Crippen LogP contribution in [0.4, 0.5) is 4.39 Å². The Morgan fingerprint density at radius 3 is 2.84 bits per heavy atom. The van der Waals surface area contributed by atoms with Gasteiger partial charge in [-0.15, -0.1) is 0 Å². The number of nitriles is 1. The van der Waals surface area contributed by atoms with E-state index in [1.165, 1.54) is 6.20 Å². The van der Waals surface area contributed by atoms with E-state index in [2.05, 4.69) is 26.0 Å². The maximum Gasteiger partial charge on any atom is 0.150 e. The summed E-state index contributed by atoms with van der Waals surface area (Å²) in [5.41, 5.74) is 1.28. The molecule has 0 aliphatic carbocycles. The molecule has 0 bridgehead atoms. The molecule has 32 heavy (non-hydrogen) atoms. The van der Waals surface area contributed by atoms with Gasteiger partial charge in [0.1, 0.15) is 17.0 Å². The summed E-state index contributed by atoms with van der Waals surface area (Å²) in [6.45, 7) is 2.89. The number of aromatic nitrogens is 4. The van der Waals surface area contributed by atoms with Gasteiger partial charge in [0, 0.05) is 61.1 Å². The summed E-state index contributed by atoms with van der Waals surface area (Å²) >= 11 is -2.05. The van der Waals surface area contributed by atoms with Gasteiger partial charge in [-0.1, -0.05) is 0 Å². The Labute approximate surface area is 187 Å². The monoisotopic (exact) mass is 456 g/mol. The lowest BCUT2D eigenvalue weighted by Gasteiger charge is -2.53. The van der Waals surface area contributed by atoms with Crippen molar-refractivity contribution in [3.05, 3.63) is 36.7 Å². The third-order valence-electron chi connectivity index (χ3n) is 6.66. The molecule has 0 saturated carbocycles. The largest absolute Gasteiger partial charge is 0.771 e. The van der Waals surface area contributed by atoms with Crippen molar-refractivity contribution in [2.45, 2.75) is 30.8 Å². The number of nitrogens with zero attached hydrogens (tertiary/aromatic N) is 6. The van der Waals surface area contributed by atoms with Crippen LogP contribution >= 0.6 is 0 Å². The Kier molecular flexibility index (Phi) is 5.54. The van der Waals surface area contributed by atoms with Gasteiger partial charge in [0.2, 0.25) is 0 Å². The van der Waals surface area contributed by atoms with Crippen LogP contribution in [0.15, 0.2) is 30.9 Å². The van der Waals surface area contributed by atoms with Gasteiger partial charge in [-0.2, -0.15) is 10.4 Å². The molecule has 3 aromatic heterocycles. The number of pyridine rings is 1. The Morgan fingerprint density at radius 2 is 2.12 bits per heavy atom. The Balaban J connectivity index is 1.33. The average Bonchev–Trinajstić information content (AvgIpc) is 3.41. The van der Waals surface area contributed by atoms with Crippen LogP contribution in [0.2, 0.25) is 0 Å².